The van der Waals surface area contributed by atoms with E-state index in [0.717, 1.165) is 24.2 Å². The maximum Gasteiger partial charge on any atom is 0.213 e. The highest BCUT2D eigenvalue weighted by Crippen LogP contribution is 2.34. The van der Waals surface area contributed by atoms with Crippen molar-refractivity contribution < 1.29 is 4.57 Å². The van der Waals surface area contributed by atoms with Crippen molar-refractivity contribution in [2.45, 2.75) is 47.5 Å². The van der Waals surface area contributed by atoms with Crippen molar-refractivity contribution in [3.8, 4) is 11.3 Å². The number of nitrogens with zero attached hydrogens (tertiary/aromatic N) is 3. The average molecular weight is 397 g/mol. The van der Waals surface area contributed by atoms with Gasteiger partial charge in [0.15, 0.2) is 0 Å². The monoisotopic (exact) mass is 396 g/mol. The molecule has 0 spiro atoms. The Bertz CT molecular complexity index is 1350. The van der Waals surface area contributed by atoms with E-state index in [1.165, 1.54) is 49.9 Å². The molecule has 0 fully saturated rings. The summed E-state index contributed by atoms with van der Waals surface area (Å²) in [6, 6.07) is 13.7. The Labute approximate surface area is 178 Å². The minimum absolute atomic E-state index is 0.647. The summed E-state index contributed by atoms with van der Waals surface area (Å²) in [6.07, 6.45) is 4.29. The van der Waals surface area contributed by atoms with E-state index in [2.05, 4.69) is 93.4 Å². The van der Waals surface area contributed by atoms with Crippen molar-refractivity contribution in [3.63, 3.8) is 0 Å². The molecule has 3 heteroatoms. The first-order valence-corrected chi connectivity index (χ1v) is 10.9. The van der Waals surface area contributed by atoms with E-state index >= 15 is 0 Å². The third kappa shape index (κ3) is 2.79. The van der Waals surface area contributed by atoms with Gasteiger partial charge in [-0.15, -0.1) is 0 Å². The van der Waals surface area contributed by atoms with Crippen molar-refractivity contribution >= 4 is 28.1 Å². The van der Waals surface area contributed by atoms with Gasteiger partial charge in [0, 0.05) is 30.1 Å². The molecule has 0 N–H and O–H groups in total. The predicted molar refractivity (Wildman–Crippen MR) is 126 cm³/mol. The van der Waals surface area contributed by atoms with Gasteiger partial charge in [-0.1, -0.05) is 26.0 Å². The number of hydrogen-bond acceptors (Lipinski definition) is 1. The zero-order chi connectivity index (χ0) is 21.2. The number of rotatable bonds is 3. The minimum atomic E-state index is 0.647. The van der Waals surface area contributed by atoms with Gasteiger partial charge in [0.05, 0.1) is 16.6 Å². The fourth-order valence-electron chi connectivity index (χ4n) is 4.96. The Morgan fingerprint density at radius 1 is 1.07 bits per heavy atom. The maximum atomic E-state index is 4.95. The molecule has 2 aromatic carbocycles. The number of imidazole rings is 1. The van der Waals surface area contributed by atoms with Gasteiger partial charge in [-0.05, 0) is 67.5 Å². The summed E-state index contributed by atoms with van der Waals surface area (Å²) in [4.78, 5) is 4.95. The average Bonchev–Trinajstić information content (AvgIpc) is 3.22. The first kappa shape index (κ1) is 19.0. The Balaban J connectivity index is 1.75. The quantitative estimate of drug-likeness (QED) is 0.394. The van der Waals surface area contributed by atoms with Gasteiger partial charge in [-0.25, -0.2) is 4.98 Å². The van der Waals surface area contributed by atoms with E-state index in [4.69, 9.17) is 4.98 Å². The van der Waals surface area contributed by atoms with Crippen LogP contribution >= 0.6 is 0 Å². The van der Waals surface area contributed by atoms with Crippen LogP contribution in [0.2, 0.25) is 0 Å². The number of aromatic nitrogens is 3. The highest BCUT2D eigenvalue weighted by Gasteiger charge is 2.23. The molecule has 4 aromatic rings. The topological polar surface area (TPSA) is 21.7 Å². The lowest BCUT2D eigenvalue weighted by Crippen LogP contribution is -2.32. The fourth-order valence-corrected chi connectivity index (χ4v) is 4.96. The summed E-state index contributed by atoms with van der Waals surface area (Å²) in [5.41, 5.74) is 11.6. The molecule has 0 saturated heterocycles. The number of hydrogen-bond donors (Lipinski definition) is 0. The molecule has 3 nitrogen and oxygen atoms in total. The molecule has 0 radical (unpaired) electrons. The van der Waals surface area contributed by atoms with E-state index in [-0.39, 0.29) is 0 Å². The molecule has 1 aliphatic heterocycles. The SMILES string of the molecule is CC1=Cn2c(nc3c(C)c(C)c(-c4ccc5c(CC(C)C)cccc5[n+]4C)cc32)C1. The van der Waals surface area contributed by atoms with Crippen molar-refractivity contribution in [2.75, 3.05) is 0 Å². The molecular formula is C27H30N3+. The second kappa shape index (κ2) is 6.80. The van der Waals surface area contributed by atoms with Crippen LogP contribution in [-0.4, -0.2) is 9.55 Å². The minimum Gasteiger partial charge on any atom is -0.303 e. The summed E-state index contributed by atoms with van der Waals surface area (Å²) in [7, 11) is 2.20. The summed E-state index contributed by atoms with van der Waals surface area (Å²) in [5.74, 6) is 1.80. The highest BCUT2D eigenvalue weighted by molar-refractivity contribution is 5.90. The van der Waals surface area contributed by atoms with Gasteiger partial charge in [-0.3, -0.25) is 0 Å². The van der Waals surface area contributed by atoms with Crippen LogP contribution in [0.15, 0.2) is 42.0 Å². The first-order chi connectivity index (χ1) is 14.3. The van der Waals surface area contributed by atoms with E-state index < -0.39 is 0 Å². The molecule has 5 rings (SSSR count). The normalized spacial score (nSPS) is 13.5. The lowest BCUT2D eigenvalue weighted by molar-refractivity contribution is -0.633. The molecule has 2 aromatic heterocycles. The number of allylic oxidation sites excluding steroid dienone is 1. The molecule has 0 bridgehead atoms. The van der Waals surface area contributed by atoms with Crippen molar-refractivity contribution in [1.29, 1.82) is 0 Å². The van der Waals surface area contributed by atoms with Crippen LogP contribution in [0.1, 0.15) is 43.3 Å². The number of benzene rings is 2. The largest absolute Gasteiger partial charge is 0.303 e. The van der Waals surface area contributed by atoms with Crippen LogP contribution in [0.3, 0.4) is 0 Å². The van der Waals surface area contributed by atoms with Gasteiger partial charge in [-0.2, -0.15) is 4.57 Å². The lowest BCUT2D eigenvalue weighted by Gasteiger charge is -2.12. The van der Waals surface area contributed by atoms with Crippen molar-refractivity contribution in [1.82, 2.24) is 9.55 Å². The van der Waals surface area contributed by atoms with Gasteiger partial charge >= 0.3 is 0 Å². The molecule has 1 aliphatic rings. The van der Waals surface area contributed by atoms with Gasteiger partial charge in [0.25, 0.3) is 0 Å². The third-order valence-electron chi connectivity index (χ3n) is 6.62. The summed E-state index contributed by atoms with van der Waals surface area (Å²) in [5, 5.41) is 1.36. The highest BCUT2D eigenvalue weighted by atomic mass is 15.1. The van der Waals surface area contributed by atoms with Crippen molar-refractivity contribution in [3.05, 3.63) is 64.5 Å². The van der Waals surface area contributed by atoms with Crippen molar-refractivity contribution in [2.24, 2.45) is 13.0 Å². The van der Waals surface area contributed by atoms with E-state index in [9.17, 15) is 0 Å². The first-order valence-electron chi connectivity index (χ1n) is 10.9. The molecule has 152 valence electrons. The van der Waals surface area contributed by atoms with Crippen LogP contribution in [0.4, 0.5) is 0 Å². The third-order valence-corrected chi connectivity index (χ3v) is 6.62. The molecule has 0 unspecified atom stereocenters. The van der Waals surface area contributed by atoms with Crippen LogP contribution in [0.5, 0.6) is 0 Å². The molecular weight excluding hydrogens is 366 g/mol. The Morgan fingerprint density at radius 2 is 1.87 bits per heavy atom. The Kier molecular flexibility index (Phi) is 4.32. The molecule has 0 amide bonds. The molecule has 0 saturated carbocycles. The molecule has 30 heavy (non-hydrogen) atoms. The standard InChI is InChI=1S/C27H30N3/c1-16(2)12-20-8-7-9-23-21(20)10-11-24(29(23)6)22-14-25-27(19(5)18(22)4)28-26-13-17(3)15-30(25)26/h7-11,14-16H,12-13H2,1-6H3/q+1. The zero-order valence-electron chi connectivity index (χ0n) is 18.9. The second-order valence-electron chi connectivity index (χ2n) is 9.32. The zero-order valence-corrected chi connectivity index (χ0v) is 18.9. The van der Waals surface area contributed by atoms with Crippen LogP contribution < -0.4 is 4.57 Å². The molecule has 0 aliphatic carbocycles. The van der Waals surface area contributed by atoms with Gasteiger partial charge < -0.3 is 4.57 Å². The van der Waals surface area contributed by atoms with Crippen LogP contribution in [0.25, 0.3) is 39.4 Å². The summed E-state index contributed by atoms with van der Waals surface area (Å²) >= 11 is 0. The number of pyridine rings is 1. The maximum absolute atomic E-state index is 4.95. The fraction of sp³-hybridized carbons (Fsp3) is 0.333. The number of fused-ring (bicyclic) bond motifs is 4. The van der Waals surface area contributed by atoms with Gasteiger partial charge in [0.2, 0.25) is 11.2 Å². The summed E-state index contributed by atoms with van der Waals surface area (Å²) in [6.45, 7) is 11.2. The van der Waals surface area contributed by atoms with E-state index in [1.807, 2.05) is 0 Å². The van der Waals surface area contributed by atoms with Crippen LogP contribution in [0, 0.1) is 19.8 Å². The lowest BCUT2D eigenvalue weighted by atomic mass is 9.95. The predicted octanol–water partition coefficient (Wildman–Crippen LogP) is 5.91. The Morgan fingerprint density at radius 3 is 2.63 bits per heavy atom. The van der Waals surface area contributed by atoms with E-state index in [1.54, 1.807) is 0 Å². The smallest absolute Gasteiger partial charge is 0.213 e. The van der Waals surface area contributed by atoms with Crippen LogP contribution in [-0.2, 0) is 19.9 Å². The number of aryl methyl sites for hydroxylation is 2. The molecule has 3 heterocycles. The van der Waals surface area contributed by atoms with Gasteiger partial charge in [0.1, 0.15) is 12.9 Å². The second-order valence-corrected chi connectivity index (χ2v) is 9.32. The molecule has 0 atom stereocenters. The summed E-state index contributed by atoms with van der Waals surface area (Å²) < 4.78 is 4.64. The van der Waals surface area contributed by atoms with E-state index in [0.29, 0.717) is 5.92 Å². The Hall–Kier alpha value is -2.94.